The standard InChI is InChI=1S/C21H21F3N4O4/c1-11-8-13(21(22,23)24)10-15(9-11)28-6-7-32-17(20(28)31)16(29)19(30)27-14-4-2-12(3-5-14)18(25)26/h2-5,8-10,16-17,29H,6-7H2,1H3,(H3,25,26)(H,27,30)/t16-,17-/m1/s1. The van der Waals surface area contributed by atoms with Crippen molar-refractivity contribution in [2.24, 2.45) is 5.73 Å². The van der Waals surface area contributed by atoms with Crippen molar-refractivity contribution < 1.29 is 32.6 Å². The topological polar surface area (TPSA) is 129 Å². The Kier molecular flexibility index (Phi) is 6.51. The number of aryl methyl sites for hydroxylation is 1. The quantitative estimate of drug-likeness (QED) is 0.409. The van der Waals surface area contributed by atoms with E-state index in [9.17, 15) is 27.9 Å². The summed E-state index contributed by atoms with van der Waals surface area (Å²) in [6, 6.07) is 9.13. The Labute approximate surface area is 181 Å². The second-order valence-corrected chi connectivity index (χ2v) is 7.26. The summed E-state index contributed by atoms with van der Waals surface area (Å²) in [7, 11) is 0. The molecule has 170 valence electrons. The molecule has 3 rings (SSSR count). The third kappa shape index (κ3) is 5.06. The third-order valence-electron chi connectivity index (χ3n) is 4.84. The Morgan fingerprint density at radius 3 is 2.53 bits per heavy atom. The van der Waals surface area contributed by atoms with Gasteiger partial charge in [0, 0.05) is 23.5 Å². The van der Waals surface area contributed by atoms with Crippen molar-refractivity contribution in [3.8, 4) is 0 Å². The van der Waals surface area contributed by atoms with Crippen LogP contribution in [-0.2, 0) is 20.5 Å². The smallest absolute Gasteiger partial charge is 0.384 e. The first-order chi connectivity index (χ1) is 15.0. The molecule has 1 fully saturated rings. The van der Waals surface area contributed by atoms with Crippen LogP contribution in [0.25, 0.3) is 0 Å². The summed E-state index contributed by atoms with van der Waals surface area (Å²) in [5.41, 5.74) is 5.48. The van der Waals surface area contributed by atoms with Gasteiger partial charge in [-0.15, -0.1) is 0 Å². The lowest BCUT2D eigenvalue weighted by Gasteiger charge is -2.34. The molecular formula is C21H21F3N4O4. The largest absolute Gasteiger partial charge is 0.416 e. The van der Waals surface area contributed by atoms with E-state index < -0.39 is 35.8 Å². The van der Waals surface area contributed by atoms with E-state index in [0.717, 1.165) is 17.0 Å². The van der Waals surface area contributed by atoms with Crippen LogP contribution in [0, 0.1) is 12.3 Å². The summed E-state index contributed by atoms with van der Waals surface area (Å²) in [4.78, 5) is 26.4. The van der Waals surface area contributed by atoms with E-state index >= 15 is 0 Å². The van der Waals surface area contributed by atoms with Crippen LogP contribution in [0.3, 0.4) is 0 Å². The Hall–Kier alpha value is -3.44. The van der Waals surface area contributed by atoms with E-state index in [2.05, 4.69) is 5.32 Å². The first kappa shape index (κ1) is 23.2. The van der Waals surface area contributed by atoms with Gasteiger partial charge < -0.3 is 25.8 Å². The molecule has 11 heteroatoms. The summed E-state index contributed by atoms with van der Waals surface area (Å²) in [6.07, 6.45) is -8.08. The predicted octanol–water partition coefficient (Wildman–Crippen LogP) is 2.03. The SMILES string of the molecule is Cc1cc(N2CCO[C@H]([C@@H](O)C(=O)Nc3ccc(C(=N)N)cc3)C2=O)cc(C(F)(F)F)c1. The van der Waals surface area contributed by atoms with E-state index in [4.69, 9.17) is 15.9 Å². The molecule has 0 aliphatic carbocycles. The molecular weight excluding hydrogens is 429 g/mol. The van der Waals surface area contributed by atoms with E-state index in [1.807, 2.05) is 0 Å². The van der Waals surface area contributed by atoms with Crippen molar-refractivity contribution in [3.05, 3.63) is 59.2 Å². The van der Waals surface area contributed by atoms with E-state index in [1.54, 1.807) is 0 Å². The zero-order chi connectivity index (χ0) is 23.6. The zero-order valence-electron chi connectivity index (χ0n) is 16.9. The van der Waals surface area contributed by atoms with Gasteiger partial charge in [-0.2, -0.15) is 13.2 Å². The van der Waals surface area contributed by atoms with Gasteiger partial charge in [0.1, 0.15) is 5.84 Å². The van der Waals surface area contributed by atoms with Gasteiger partial charge in [-0.1, -0.05) is 0 Å². The van der Waals surface area contributed by atoms with Gasteiger partial charge in [0.25, 0.3) is 11.8 Å². The van der Waals surface area contributed by atoms with E-state index in [1.165, 1.54) is 37.3 Å². The molecule has 0 bridgehead atoms. The number of anilines is 2. The Morgan fingerprint density at radius 2 is 1.94 bits per heavy atom. The number of nitrogens with zero attached hydrogens (tertiary/aromatic N) is 1. The van der Waals surface area contributed by atoms with Crippen molar-refractivity contribution >= 4 is 29.0 Å². The van der Waals surface area contributed by atoms with Gasteiger partial charge in [0.05, 0.1) is 12.2 Å². The van der Waals surface area contributed by atoms with Crippen molar-refractivity contribution in [2.75, 3.05) is 23.4 Å². The van der Waals surface area contributed by atoms with Gasteiger partial charge in [-0.05, 0) is 55.0 Å². The van der Waals surface area contributed by atoms with Gasteiger partial charge in [0.2, 0.25) is 0 Å². The monoisotopic (exact) mass is 450 g/mol. The molecule has 2 aromatic rings. The molecule has 2 atom stereocenters. The average molecular weight is 450 g/mol. The molecule has 2 aromatic carbocycles. The Balaban J connectivity index is 1.76. The van der Waals surface area contributed by atoms with Crippen molar-refractivity contribution in [2.45, 2.75) is 25.3 Å². The molecule has 8 nitrogen and oxygen atoms in total. The molecule has 2 amide bonds. The highest BCUT2D eigenvalue weighted by atomic mass is 19.4. The van der Waals surface area contributed by atoms with Crippen LogP contribution in [0.1, 0.15) is 16.7 Å². The Morgan fingerprint density at radius 1 is 1.28 bits per heavy atom. The lowest BCUT2D eigenvalue weighted by molar-refractivity contribution is -0.150. The number of halogens is 3. The number of nitrogens with one attached hydrogen (secondary N) is 2. The van der Waals surface area contributed by atoms with E-state index in [0.29, 0.717) is 11.1 Å². The maximum absolute atomic E-state index is 13.2. The molecule has 5 N–H and O–H groups in total. The maximum atomic E-state index is 13.2. The fraction of sp³-hybridized carbons (Fsp3) is 0.286. The minimum absolute atomic E-state index is 0.00283. The fourth-order valence-electron chi connectivity index (χ4n) is 3.26. The number of benzene rings is 2. The number of rotatable bonds is 5. The highest BCUT2D eigenvalue weighted by molar-refractivity contribution is 6.04. The maximum Gasteiger partial charge on any atom is 0.416 e. The van der Waals surface area contributed by atoms with E-state index in [-0.39, 0.29) is 30.4 Å². The highest BCUT2D eigenvalue weighted by Crippen LogP contribution is 2.33. The lowest BCUT2D eigenvalue weighted by atomic mass is 10.1. The van der Waals surface area contributed by atoms with Crippen LogP contribution in [0.15, 0.2) is 42.5 Å². The molecule has 32 heavy (non-hydrogen) atoms. The second kappa shape index (κ2) is 8.97. The molecule has 0 radical (unpaired) electrons. The first-order valence-electron chi connectivity index (χ1n) is 9.52. The van der Waals surface area contributed by atoms with Crippen molar-refractivity contribution in [3.63, 3.8) is 0 Å². The molecule has 0 unspecified atom stereocenters. The summed E-state index contributed by atoms with van der Waals surface area (Å²) in [5.74, 6) is -1.92. The zero-order valence-corrected chi connectivity index (χ0v) is 16.9. The van der Waals surface area contributed by atoms with Crippen LogP contribution in [0.2, 0.25) is 0 Å². The van der Waals surface area contributed by atoms with Gasteiger partial charge in [-0.3, -0.25) is 15.0 Å². The number of carbonyl (C=O) groups is 2. The number of amidine groups is 1. The lowest BCUT2D eigenvalue weighted by Crippen LogP contribution is -2.55. The number of aliphatic hydroxyl groups excluding tert-OH is 1. The number of morpholine rings is 1. The summed E-state index contributed by atoms with van der Waals surface area (Å²) in [6.45, 7) is 1.36. The number of carbonyl (C=O) groups excluding carboxylic acids is 2. The van der Waals surface area contributed by atoms with Crippen LogP contribution in [0.4, 0.5) is 24.5 Å². The summed E-state index contributed by atoms with van der Waals surface area (Å²) in [5, 5.41) is 20.2. The molecule has 1 saturated heterocycles. The summed E-state index contributed by atoms with van der Waals surface area (Å²) >= 11 is 0. The molecule has 1 aliphatic rings. The average Bonchev–Trinajstić information content (AvgIpc) is 2.72. The normalized spacial score (nSPS) is 17.7. The highest BCUT2D eigenvalue weighted by Gasteiger charge is 2.40. The predicted molar refractivity (Wildman–Crippen MR) is 110 cm³/mol. The van der Waals surface area contributed by atoms with Gasteiger partial charge in [-0.25, -0.2) is 0 Å². The molecule has 1 aliphatic heterocycles. The number of nitrogen functional groups attached to an aromatic ring is 1. The first-order valence-corrected chi connectivity index (χ1v) is 9.52. The number of hydrogen-bond donors (Lipinski definition) is 4. The number of ether oxygens (including phenoxy) is 1. The Bertz CT molecular complexity index is 1040. The molecule has 0 aromatic heterocycles. The molecule has 0 saturated carbocycles. The molecule has 0 spiro atoms. The summed E-state index contributed by atoms with van der Waals surface area (Å²) < 4.78 is 44.8. The fourth-order valence-corrected chi connectivity index (χ4v) is 3.26. The van der Waals surface area contributed by atoms with Crippen LogP contribution >= 0.6 is 0 Å². The second-order valence-electron chi connectivity index (χ2n) is 7.26. The van der Waals surface area contributed by atoms with Gasteiger partial charge >= 0.3 is 6.18 Å². The van der Waals surface area contributed by atoms with Crippen LogP contribution in [-0.4, -0.2) is 48.1 Å². The number of alkyl halides is 3. The van der Waals surface area contributed by atoms with Crippen LogP contribution in [0.5, 0.6) is 0 Å². The molecule has 1 heterocycles. The third-order valence-corrected chi connectivity index (χ3v) is 4.84. The number of nitrogens with two attached hydrogens (primary N) is 1. The van der Waals surface area contributed by atoms with Crippen molar-refractivity contribution in [1.29, 1.82) is 5.41 Å². The number of amides is 2. The van der Waals surface area contributed by atoms with Crippen molar-refractivity contribution in [1.82, 2.24) is 0 Å². The number of aliphatic hydroxyl groups is 1. The van der Waals surface area contributed by atoms with Crippen LogP contribution < -0.4 is 16.0 Å². The van der Waals surface area contributed by atoms with Gasteiger partial charge in [0.15, 0.2) is 12.2 Å². The number of hydrogen-bond acceptors (Lipinski definition) is 5. The minimum atomic E-state index is -4.59. The minimum Gasteiger partial charge on any atom is -0.384 e.